The maximum Gasteiger partial charge on any atom is 0.126 e. The first-order chi connectivity index (χ1) is 13.2. The van der Waals surface area contributed by atoms with Crippen molar-refractivity contribution in [1.82, 2.24) is 14.9 Å². The number of aromatic amines is 1. The number of hydrogen-bond acceptors (Lipinski definition) is 3. The Hall–Kier alpha value is -3.11. The second-order valence-electron chi connectivity index (χ2n) is 6.77. The SMILES string of the molecule is COc1ccccc1-c1cccc(CN(C)Cc2nc3ccccc3[nH]2)c1. The van der Waals surface area contributed by atoms with Crippen molar-refractivity contribution in [3.8, 4) is 16.9 Å². The van der Waals surface area contributed by atoms with Crippen molar-refractivity contribution in [2.24, 2.45) is 0 Å². The van der Waals surface area contributed by atoms with Gasteiger partial charge in [0, 0.05) is 12.1 Å². The Bertz CT molecular complexity index is 1020. The second-order valence-corrected chi connectivity index (χ2v) is 6.77. The van der Waals surface area contributed by atoms with Gasteiger partial charge in [-0.1, -0.05) is 48.5 Å². The zero-order valence-corrected chi connectivity index (χ0v) is 15.6. The zero-order valence-electron chi connectivity index (χ0n) is 15.6. The predicted molar refractivity (Wildman–Crippen MR) is 110 cm³/mol. The van der Waals surface area contributed by atoms with E-state index in [-0.39, 0.29) is 0 Å². The molecule has 4 rings (SSSR count). The lowest BCUT2D eigenvalue weighted by Gasteiger charge is -2.16. The van der Waals surface area contributed by atoms with Crippen LogP contribution >= 0.6 is 0 Å². The fourth-order valence-corrected chi connectivity index (χ4v) is 3.42. The number of nitrogens with one attached hydrogen (secondary N) is 1. The number of methoxy groups -OCH3 is 1. The van der Waals surface area contributed by atoms with Gasteiger partial charge in [-0.15, -0.1) is 0 Å². The number of hydrogen-bond donors (Lipinski definition) is 1. The number of benzene rings is 3. The number of ether oxygens (including phenoxy) is 1. The van der Waals surface area contributed by atoms with E-state index < -0.39 is 0 Å². The van der Waals surface area contributed by atoms with Gasteiger partial charge in [0.15, 0.2) is 0 Å². The third-order valence-electron chi connectivity index (χ3n) is 4.66. The molecule has 136 valence electrons. The highest BCUT2D eigenvalue weighted by Crippen LogP contribution is 2.30. The Balaban J connectivity index is 1.50. The molecule has 1 N–H and O–H groups in total. The number of para-hydroxylation sites is 3. The molecule has 0 aliphatic carbocycles. The molecule has 0 spiro atoms. The van der Waals surface area contributed by atoms with E-state index in [2.05, 4.69) is 58.3 Å². The van der Waals surface area contributed by atoms with Crippen LogP contribution in [0.5, 0.6) is 5.75 Å². The Kier molecular flexibility index (Phi) is 4.90. The van der Waals surface area contributed by atoms with Crippen molar-refractivity contribution in [3.63, 3.8) is 0 Å². The van der Waals surface area contributed by atoms with Crippen molar-refractivity contribution in [2.75, 3.05) is 14.2 Å². The van der Waals surface area contributed by atoms with Crippen molar-refractivity contribution in [2.45, 2.75) is 13.1 Å². The molecular formula is C23H23N3O. The third-order valence-corrected chi connectivity index (χ3v) is 4.66. The summed E-state index contributed by atoms with van der Waals surface area (Å²) in [4.78, 5) is 10.3. The number of imidazole rings is 1. The summed E-state index contributed by atoms with van der Waals surface area (Å²) in [6.45, 7) is 1.62. The van der Waals surface area contributed by atoms with Crippen LogP contribution in [-0.2, 0) is 13.1 Å². The first-order valence-electron chi connectivity index (χ1n) is 9.07. The van der Waals surface area contributed by atoms with Gasteiger partial charge in [0.2, 0.25) is 0 Å². The molecule has 0 unspecified atom stereocenters. The van der Waals surface area contributed by atoms with Gasteiger partial charge in [0.05, 0.1) is 24.7 Å². The average Bonchev–Trinajstić information content (AvgIpc) is 3.10. The molecule has 3 aromatic carbocycles. The summed E-state index contributed by atoms with van der Waals surface area (Å²) in [6.07, 6.45) is 0. The topological polar surface area (TPSA) is 41.1 Å². The van der Waals surface area contributed by atoms with Gasteiger partial charge >= 0.3 is 0 Å². The quantitative estimate of drug-likeness (QED) is 0.535. The summed E-state index contributed by atoms with van der Waals surface area (Å²) < 4.78 is 5.51. The van der Waals surface area contributed by atoms with Crippen LogP contribution in [0.1, 0.15) is 11.4 Å². The summed E-state index contributed by atoms with van der Waals surface area (Å²) in [5, 5.41) is 0. The van der Waals surface area contributed by atoms with Crippen molar-refractivity contribution >= 4 is 11.0 Å². The molecule has 4 aromatic rings. The van der Waals surface area contributed by atoms with Crippen molar-refractivity contribution in [1.29, 1.82) is 0 Å². The Morgan fingerprint density at radius 3 is 2.59 bits per heavy atom. The summed E-state index contributed by atoms with van der Waals surface area (Å²) in [5.41, 5.74) is 5.64. The van der Waals surface area contributed by atoms with Gasteiger partial charge in [-0.25, -0.2) is 4.98 Å². The largest absolute Gasteiger partial charge is 0.496 e. The number of aromatic nitrogens is 2. The predicted octanol–water partition coefficient (Wildman–Crippen LogP) is 4.87. The fraction of sp³-hybridized carbons (Fsp3) is 0.174. The first kappa shape index (κ1) is 17.3. The molecule has 4 heteroatoms. The van der Waals surface area contributed by atoms with E-state index in [1.165, 1.54) is 11.1 Å². The highest BCUT2D eigenvalue weighted by molar-refractivity contribution is 5.74. The Labute approximate surface area is 159 Å². The van der Waals surface area contributed by atoms with Crippen LogP contribution in [0, 0.1) is 0 Å². The molecule has 0 saturated heterocycles. The van der Waals surface area contributed by atoms with E-state index in [9.17, 15) is 0 Å². The molecule has 0 radical (unpaired) electrons. The molecule has 0 bridgehead atoms. The van der Waals surface area contributed by atoms with Gasteiger partial charge in [-0.2, -0.15) is 0 Å². The van der Waals surface area contributed by atoms with Gasteiger partial charge in [-0.05, 0) is 42.4 Å². The van der Waals surface area contributed by atoms with E-state index in [1.807, 2.05) is 36.4 Å². The van der Waals surface area contributed by atoms with Crippen LogP contribution in [0.15, 0.2) is 72.8 Å². The highest BCUT2D eigenvalue weighted by Gasteiger charge is 2.09. The minimum absolute atomic E-state index is 0.771. The van der Waals surface area contributed by atoms with E-state index >= 15 is 0 Å². The molecule has 0 aliphatic rings. The number of H-pyrrole nitrogens is 1. The Morgan fingerprint density at radius 1 is 0.926 bits per heavy atom. The summed E-state index contributed by atoms with van der Waals surface area (Å²) in [5.74, 6) is 1.88. The van der Waals surface area contributed by atoms with Gasteiger partial charge in [0.1, 0.15) is 11.6 Å². The van der Waals surface area contributed by atoms with Crippen molar-refractivity contribution in [3.05, 3.63) is 84.2 Å². The first-order valence-corrected chi connectivity index (χ1v) is 9.07. The molecule has 0 saturated carbocycles. The normalized spacial score (nSPS) is 11.2. The van der Waals surface area contributed by atoms with Gasteiger partial charge in [-0.3, -0.25) is 4.90 Å². The second kappa shape index (κ2) is 7.64. The van der Waals surface area contributed by atoms with Crippen LogP contribution in [0.25, 0.3) is 22.2 Å². The standard InChI is InChI=1S/C23H23N3O/c1-26(16-23-24-20-11-4-5-12-21(20)25-23)15-17-8-7-9-18(14-17)19-10-3-6-13-22(19)27-2/h3-14H,15-16H2,1-2H3,(H,24,25). The van der Waals surface area contributed by atoms with E-state index in [4.69, 9.17) is 4.74 Å². The molecule has 1 heterocycles. The van der Waals surface area contributed by atoms with Crippen LogP contribution in [0.2, 0.25) is 0 Å². The third kappa shape index (κ3) is 3.86. The van der Waals surface area contributed by atoms with Crippen molar-refractivity contribution < 1.29 is 4.74 Å². The maximum atomic E-state index is 5.51. The fourth-order valence-electron chi connectivity index (χ4n) is 3.42. The Morgan fingerprint density at radius 2 is 1.74 bits per heavy atom. The smallest absolute Gasteiger partial charge is 0.126 e. The molecule has 0 fully saturated rings. The molecule has 27 heavy (non-hydrogen) atoms. The average molecular weight is 357 g/mol. The van der Waals surface area contributed by atoms with Gasteiger partial charge in [0.25, 0.3) is 0 Å². The molecular weight excluding hydrogens is 334 g/mol. The molecule has 1 aromatic heterocycles. The van der Waals surface area contributed by atoms with E-state index in [0.29, 0.717) is 0 Å². The minimum atomic E-state index is 0.771. The van der Waals surface area contributed by atoms with Crippen LogP contribution in [0.3, 0.4) is 0 Å². The summed E-state index contributed by atoms with van der Waals surface area (Å²) in [6, 6.07) is 24.9. The van der Waals surface area contributed by atoms with Crippen LogP contribution in [0.4, 0.5) is 0 Å². The lowest BCUT2D eigenvalue weighted by atomic mass is 10.0. The number of rotatable bonds is 6. The molecule has 0 aliphatic heterocycles. The van der Waals surface area contributed by atoms with Gasteiger partial charge < -0.3 is 9.72 Å². The molecule has 0 atom stereocenters. The van der Waals surface area contributed by atoms with E-state index in [0.717, 1.165) is 41.3 Å². The van der Waals surface area contributed by atoms with Crippen LogP contribution < -0.4 is 4.74 Å². The number of fused-ring (bicyclic) bond motifs is 1. The zero-order chi connectivity index (χ0) is 18.6. The maximum absolute atomic E-state index is 5.51. The lowest BCUT2D eigenvalue weighted by molar-refractivity contribution is 0.312. The molecule has 4 nitrogen and oxygen atoms in total. The summed E-state index contributed by atoms with van der Waals surface area (Å²) in [7, 11) is 3.83. The summed E-state index contributed by atoms with van der Waals surface area (Å²) >= 11 is 0. The van der Waals surface area contributed by atoms with E-state index in [1.54, 1.807) is 7.11 Å². The number of nitrogens with zero attached hydrogens (tertiary/aromatic N) is 2. The highest BCUT2D eigenvalue weighted by atomic mass is 16.5. The lowest BCUT2D eigenvalue weighted by Crippen LogP contribution is -2.18. The van der Waals surface area contributed by atoms with Crippen LogP contribution in [-0.4, -0.2) is 29.0 Å². The monoisotopic (exact) mass is 357 g/mol. The molecule has 0 amide bonds. The minimum Gasteiger partial charge on any atom is -0.496 e.